The zero-order chi connectivity index (χ0) is 48.3. The molecule has 0 aliphatic rings. The largest absolute Gasteiger partial charge is 3.00 e. The molecule has 0 rings (SSSR count). The molecule has 0 radical (unpaired) electrons. The van der Waals surface area contributed by atoms with Gasteiger partial charge in [-0.3, -0.25) is 0 Å². The van der Waals surface area contributed by atoms with Gasteiger partial charge in [0.25, 0.3) is 0 Å². The van der Waals surface area contributed by atoms with Crippen molar-refractivity contribution in [1.29, 1.82) is 0 Å². The van der Waals surface area contributed by atoms with Gasteiger partial charge in [0.05, 0.1) is 0 Å². The van der Waals surface area contributed by atoms with Crippen LogP contribution >= 0.6 is 0 Å². The molecule has 0 aromatic heterocycles. The molecule has 0 bridgehead atoms. The van der Waals surface area contributed by atoms with E-state index in [0.29, 0.717) is 0 Å². The van der Waals surface area contributed by atoms with Crippen LogP contribution in [0.4, 0.5) is 92.2 Å². The van der Waals surface area contributed by atoms with Crippen molar-refractivity contribution in [3.63, 3.8) is 0 Å². The van der Waals surface area contributed by atoms with E-state index in [1.54, 1.807) is 0 Å². The molecule has 0 heterocycles. The van der Waals surface area contributed by atoms with Crippen molar-refractivity contribution in [1.82, 2.24) is 0 Å². The van der Waals surface area contributed by atoms with Gasteiger partial charge in [-0.1, -0.05) is 0 Å². The third-order valence-electron chi connectivity index (χ3n) is 2.83. The summed E-state index contributed by atoms with van der Waals surface area (Å²) in [5, 5.41) is 0. The summed E-state index contributed by atoms with van der Waals surface area (Å²) < 4.78 is 422. The Morgan fingerprint density at radius 3 is 0.414 bits per heavy atom. The maximum absolute atomic E-state index is 12.4. The summed E-state index contributed by atoms with van der Waals surface area (Å²) in [7, 11) is -59.3. The van der Waals surface area contributed by atoms with E-state index in [-0.39, 0.29) is 25.8 Å². The standard InChI is InChI=1S/C4F12O12S4Si.3CHF3O3S.Sc/c5-1(6,7)29(17,18)25-33(26-30(19,20)2(8,9)10,27-31(21,22)3(11,12)13)28-32(23,24)4(14,15)16;3*2-1(3,4)8(5,6)7;/h;3*(H,5,6,7);/q;;;;+3/p-3. The third-order valence-corrected chi connectivity index (χ3v) is 13.6. The molecule has 0 aromatic carbocycles. The molecule has 0 atom stereocenters. The van der Waals surface area contributed by atoms with Crippen molar-refractivity contribution < 1.29 is 206 Å². The second-order valence-electron chi connectivity index (χ2n) is 7.13. The van der Waals surface area contributed by atoms with Crippen molar-refractivity contribution in [3.8, 4) is 0 Å². The first-order chi connectivity index (χ1) is 23.6. The van der Waals surface area contributed by atoms with Gasteiger partial charge in [0.1, 0.15) is 0 Å². The van der Waals surface area contributed by atoms with Crippen molar-refractivity contribution in [2.24, 2.45) is 0 Å². The Hall–Kier alpha value is -1.01. The maximum atomic E-state index is 12.4. The summed E-state index contributed by atoms with van der Waals surface area (Å²) in [6.07, 6.45) is 0. The van der Waals surface area contributed by atoms with E-state index >= 15 is 0 Å². The average molecular weight is 1120 g/mol. The second kappa shape index (κ2) is 19.6. The molecular weight excluding hydrogens is 1120 g/mol. The zero-order valence-electron chi connectivity index (χ0n) is 23.9. The van der Waals surface area contributed by atoms with Crippen LogP contribution in [0.25, 0.3) is 0 Å². The number of alkyl halides is 21. The molecule has 58 heavy (non-hydrogen) atoms. The second-order valence-corrected chi connectivity index (χ2v) is 20.4. The first-order valence-corrected chi connectivity index (χ1v) is 21.2. The Morgan fingerprint density at radius 1 is 0.276 bits per heavy atom. The van der Waals surface area contributed by atoms with E-state index in [1.807, 2.05) is 0 Å². The number of hydrogen-bond donors (Lipinski definition) is 0. The normalized spacial score (nSPS) is 15.0. The fourth-order valence-electron chi connectivity index (χ4n) is 0.810. The molecule has 0 aromatic rings. The van der Waals surface area contributed by atoms with E-state index in [0.717, 1.165) is 0 Å². The van der Waals surface area contributed by atoms with Crippen LogP contribution < -0.4 is 0 Å². The summed E-state index contributed by atoms with van der Waals surface area (Å²) in [6, 6.07) is 0. The fourth-order valence-corrected chi connectivity index (χ4v) is 8.79. The van der Waals surface area contributed by atoms with Gasteiger partial charge in [-0.05, 0) is 0 Å². The van der Waals surface area contributed by atoms with Crippen molar-refractivity contribution in [2.75, 3.05) is 0 Å². The fraction of sp³-hybridized carbons (Fsp3) is 1.00. The molecule has 51 heteroatoms. The Balaban J connectivity index is -0.000000300. The van der Waals surface area contributed by atoms with Gasteiger partial charge in [0, 0.05) is 0 Å². The van der Waals surface area contributed by atoms with E-state index in [9.17, 15) is 126 Å². The van der Waals surface area contributed by atoms with Crippen LogP contribution in [0.15, 0.2) is 0 Å². The molecule has 0 saturated heterocycles. The van der Waals surface area contributed by atoms with Gasteiger partial charge in [-0.15, -0.1) is 0 Å². The molecule has 0 aliphatic heterocycles. The van der Waals surface area contributed by atoms with E-state index in [2.05, 4.69) is 15.5 Å². The zero-order valence-corrected chi connectivity index (χ0v) is 32.5. The van der Waals surface area contributed by atoms with Crippen LogP contribution in [0.2, 0.25) is 0 Å². The molecule has 0 unspecified atom stereocenters. The Morgan fingerprint density at radius 2 is 0.362 bits per heavy atom. The molecule has 0 spiro atoms. The van der Waals surface area contributed by atoms with Gasteiger partial charge < -0.3 is 13.7 Å². The topological polar surface area (TPSA) is 345 Å². The number of rotatable bonds is 8. The van der Waals surface area contributed by atoms with Gasteiger partial charge in [0.2, 0.25) is 0 Å². The van der Waals surface area contributed by atoms with Crippen LogP contribution in [0, 0.1) is 0 Å². The summed E-state index contributed by atoms with van der Waals surface area (Å²) in [4.78, 5) is 0. The summed E-state index contributed by atoms with van der Waals surface area (Å²) >= 11 is 0. The molecular formula is C7F21O21S7ScSi. The van der Waals surface area contributed by atoms with Gasteiger partial charge in [-0.25, -0.2) is 40.7 Å². The monoisotopic (exact) mass is 1120 g/mol. The predicted octanol–water partition coefficient (Wildman–Crippen LogP) is 1.04. The van der Waals surface area contributed by atoms with Crippen molar-refractivity contribution >= 4 is 79.9 Å². The quantitative estimate of drug-likeness (QED) is 0.142. The van der Waals surface area contributed by atoms with Crippen molar-refractivity contribution in [3.05, 3.63) is 0 Å². The van der Waals surface area contributed by atoms with Gasteiger partial charge in [-0.2, -0.15) is 126 Å². The Bertz CT molecular complexity index is 1870. The first kappa shape index (κ1) is 66.1. The molecule has 21 nitrogen and oxygen atoms in total. The minimum absolute atomic E-state index is 0. The molecule has 0 amide bonds. The number of hydrogen-bond acceptors (Lipinski definition) is 21. The van der Waals surface area contributed by atoms with Gasteiger partial charge >= 0.3 is 114 Å². The molecule has 350 valence electrons. The minimum atomic E-state index is -9.01. The smallest absolute Gasteiger partial charge is 0.741 e. The van der Waals surface area contributed by atoms with E-state index in [1.165, 1.54) is 0 Å². The van der Waals surface area contributed by atoms with Crippen LogP contribution in [0.1, 0.15) is 0 Å². The minimum Gasteiger partial charge on any atom is -0.741 e. The van der Waals surface area contributed by atoms with Crippen LogP contribution in [0.3, 0.4) is 0 Å². The van der Waals surface area contributed by atoms with Crippen LogP contribution in [-0.2, 0) is 112 Å². The number of halogens is 21. The molecule has 0 saturated carbocycles. The third kappa shape index (κ3) is 21.7. The van der Waals surface area contributed by atoms with Gasteiger partial charge in [0.15, 0.2) is 30.4 Å². The summed E-state index contributed by atoms with van der Waals surface area (Å²) in [5.41, 5.74) is -45.4. The first-order valence-electron chi connectivity index (χ1n) is 9.71. The van der Waals surface area contributed by atoms with E-state index < -0.39 is 118 Å². The maximum Gasteiger partial charge on any atom is 3.00 e. The van der Waals surface area contributed by atoms with E-state index in [4.69, 9.17) is 38.9 Å². The molecule has 0 N–H and O–H groups in total. The Labute approximate surface area is 323 Å². The van der Waals surface area contributed by atoms with Crippen LogP contribution in [0.5, 0.6) is 0 Å². The van der Waals surface area contributed by atoms with Crippen molar-refractivity contribution in [2.45, 2.75) is 38.6 Å². The van der Waals surface area contributed by atoms with Crippen LogP contribution in [-0.4, -0.2) is 120 Å². The average Bonchev–Trinajstić information content (AvgIpc) is 2.76. The SMILES string of the molecule is O=S(=O)(O[Si](OS(=O)(=O)C(F)(F)F)(OS(=O)(=O)C(F)(F)F)OS(=O)(=O)C(F)(F)F)C(F)(F)F.O=S(=O)([O-])C(F)(F)F.O=S(=O)([O-])C(F)(F)F.O=S(=O)([O-])C(F)(F)F.[Sc+3]. The predicted molar refractivity (Wildman–Crippen MR) is 117 cm³/mol. The summed E-state index contributed by atoms with van der Waals surface area (Å²) in [6.45, 7) is 0. The molecule has 0 aliphatic carbocycles. The molecule has 0 fully saturated rings. The Kier molecular flexibility index (Phi) is 22.3. The summed E-state index contributed by atoms with van der Waals surface area (Å²) in [5.74, 6) is 0.